The summed E-state index contributed by atoms with van der Waals surface area (Å²) in [4.78, 5) is 0. The van der Waals surface area contributed by atoms with Gasteiger partial charge < -0.3 is 4.74 Å². The minimum absolute atomic E-state index is 0.315. The maximum absolute atomic E-state index is 5.21. The summed E-state index contributed by atoms with van der Waals surface area (Å²) in [6.45, 7) is 4.34. The van der Waals surface area contributed by atoms with Crippen LogP contribution in [0.4, 0.5) is 0 Å². The van der Waals surface area contributed by atoms with E-state index in [4.69, 9.17) is 4.74 Å². The summed E-state index contributed by atoms with van der Waals surface area (Å²) in [6.07, 6.45) is 1.43. The fourth-order valence-electron chi connectivity index (χ4n) is 0.922. The Morgan fingerprint density at radius 1 is 1.36 bits per heavy atom. The largest absolute Gasteiger partial charge is 0.382 e. The summed E-state index contributed by atoms with van der Waals surface area (Å²) in [5.41, 5.74) is 0.315. The first-order valence-corrected chi connectivity index (χ1v) is 5.97. The molecule has 0 aromatic carbocycles. The second-order valence-electron chi connectivity index (χ2n) is 3.33. The molecule has 0 N–H and O–H groups in total. The molecule has 11 heavy (non-hydrogen) atoms. The first-order chi connectivity index (χ1) is 5.08. The van der Waals surface area contributed by atoms with Crippen LogP contribution in [0.15, 0.2) is 0 Å². The van der Waals surface area contributed by atoms with E-state index in [1.807, 2.05) is 0 Å². The summed E-state index contributed by atoms with van der Waals surface area (Å²) in [6, 6.07) is 0. The van der Waals surface area contributed by atoms with Crippen molar-refractivity contribution in [1.82, 2.24) is 0 Å². The van der Waals surface area contributed by atoms with Gasteiger partial charge in [0, 0.05) is 17.8 Å². The summed E-state index contributed by atoms with van der Waals surface area (Å²) in [7, 11) is 1.76. The van der Waals surface area contributed by atoms with Gasteiger partial charge in [0.15, 0.2) is 0 Å². The average Bonchev–Trinajstić information content (AvgIpc) is 2.04. The number of alkyl halides is 2. The van der Waals surface area contributed by atoms with E-state index >= 15 is 0 Å². The molecule has 1 atom stereocenters. The molecule has 0 saturated heterocycles. The van der Waals surface area contributed by atoms with Gasteiger partial charge in [-0.05, 0) is 18.8 Å². The SMILES string of the molecule is COC(C)CC(C)(CBr)CBr. The predicted octanol–water partition coefficient (Wildman–Crippen LogP) is 3.21. The van der Waals surface area contributed by atoms with Crippen LogP contribution in [-0.2, 0) is 4.74 Å². The highest BCUT2D eigenvalue weighted by Crippen LogP contribution is 2.28. The highest BCUT2D eigenvalue weighted by molar-refractivity contribution is 9.09. The van der Waals surface area contributed by atoms with Crippen LogP contribution in [0.3, 0.4) is 0 Å². The van der Waals surface area contributed by atoms with Gasteiger partial charge in [-0.2, -0.15) is 0 Å². The molecular weight excluding hydrogens is 272 g/mol. The molecule has 68 valence electrons. The van der Waals surface area contributed by atoms with Gasteiger partial charge in [-0.3, -0.25) is 0 Å². The second-order valence-corrected chi connectivity index (χ2v) is 4.45. The molecule has 0 aromatic rings. The molecule has 0 aliphatic carbocycles. The van der Waals surface area contributed by atoms with Crippen molar-refractivity contribution in [2.75, 3.05) is 17.8 Å². The van der Waals surface area contributed by atoms with Crippen LogP contribution in [-0.4, -0.2) is 23.9 Å². The Labute approximate surface area is 86.1 Å². The third-order valence-corrected chi connectivity index (χ3v) is 4.54. The van der Waals surface area contributed by atoms with Gasteiger partial charge >= 0.3 is 0 Å². The maximum Gasteiger partial charge on any atom is 0.0549 e. The lowest BCUT2D eigenvalue weighted by atomic mass is 9.89. The van der Waals surface area contributed by atoms with E-state index in [-0.39, 0.29) is 0 Å². The summed E-state index contributed by atoms with van der Waals surface area (Å²) in [5, 5.41) is 2.03. The quantitative estimate of drug-likeness (QED) is 0.706. The average molecular weight is 288 g/mol. The first-order valence-electron chi connectivity index (χ1n) is 3.72. The van der Waals surface area contributed by atoms with Crippen molar-refractivity contribution in [1.29, 1.82) is 0 Å². The minimum atomic E-state index is 0.315. The van der Waals surface area contributed by atoms with Gasteiger partial charge in [0.2, 0.25) is 0 Å². The molecule has 0 aromatic heterocycles. The van der Waals surface area contributed by atoms with Gasteiger partial charge in [-0.15, -0.1) is 0 Å². The van der Waals surface area contributed by atoms with Gasteiger partial charge in [0.1, 0.15) is 0 Å². The zero-order valence-electron chi connectivity index (χ0n) is 7.36. The van der Waals surface area contributed by atoms with Gasteiger partial charge in [0.05, 0.1) is 6.10 Å². The molecule has 1 nitrogen and oxygen atoms in total. The molecule has 0 bridgehead atoms. The standard InChI is InChI=1S/C8H16Br2O/c1-7(11-3)4-8(2,5-9)6-10/h7H,4-6H2,1-3H3. The van der Waals surface area contributed by atoms with Crippen LogP contribution < -0.4 is 0 Å². The van der Waals surface area contributed by atoms with E-state index in [0.29, 0.717) is 11.5 Å². The molecule has 0 rings (SSSR count). The van der Waals surface area contributed by atoms with Crippen LogP contribution in [0.1, 0.15) is 20.3 Å². The van der Waals surface area contributed by atoms with E-state index in [0.717, 1.165) is 17.1 Å². The molecule has 1 unspecified atom stereocenters. The molecule has 0 saturated carbocycles. The van der Waals surface area contributed by atoms with Crippen molar-refractivity contribution in [3.8, 4) is 0 Å². The van der Waals surface area contributed by atoms with Crippen molar-refractivity contribution >= 4 is 31.9 Å². The van der Waals surface area contributed by atoms with Crippen molar-refractivity contribution in [2.45, 2.75) is 26.4 Å². The monoisotopic (exact) mass is 286 g/mol. The lowest BCUT2D eigenvalue weighted by Crippen LogP contribution is -2.26. The molecular formula is C8H16Br2O. The summed E-state index contributed by atoms with van der Waals surface area (Å²) in [5.74, 6) is 0. The molecule has 0 aliphatic heterocycles. The molecule has 0 heterocycles. The molecule has 0 fully saturated rings. The Hall–Kier alpha value is 0.920. The van der Waals surface area contributed by atoms with E-state index in [2.05, 4.69) is 45.7 Å². The number of ether oxygens (including phenoxy) is 1. The number of halogens is 2. The fraction of sp³-hybridized carbons (Fsp3) is 1.00. The van der Waals surface area contributed by atoms with Crippen molar-refractivity contribution < 1.29 is 4.74 Å². The van der Waals surface area contributed by atoms with Crippen LogP contribution >= 0.6 is 31.9 Å². The molecule has 0 spiro atoms. The summed E-state index contributed by atoms with van der Waals surface area (Å²) >= 11 is 7.01. The predicted molar refractivity (Wildman–Crippen MR) is 56.8 cm³/mol. The fourth-order valence-corrected chi connectivity index (χ4v) is 2.31. The van der Waals surface area contributed by atoms with E-state index in [1.54, 1.807) is 7.11 Å². The van der Waals surface area contributed by atoms with Crippen molar-refractivity contribution in [3.63, 3.8) is 0 Å². The maximum atomic E-state index is 5.21. The smallest absolute Gasteiger partial charge is 0.0549 e. The van der Waals surface area contributed by atoms with Gasteiger partial charge in [0.25, 0.3) is 0 Å². The van der Waals surface area contributed by atoms with Gasteiger partial charge in [-0.1, -0.05) is 38.8 Å². The Balaban J connectivity index is 3.86. The van der Waals surface area contributed by atoms with E-state index in [9.17, 15) is 0 Å². The number of hydrogen-bond donors (Lipinski definition) is 0. The zero-order chi connectivity index (χ0) is 8.91. The Morgan fingerprint density at radius 3 is 2.09 bits per heavy atom. The lowest BCUT2D eigenvalue weighted by molar-refractivity contribution is 0.0835. The summed E-state index contributed by atoms with van der Waals surface area (Å²) < 4.78 is 5.21. The number of methoxy groups -OCH3 is 1. The molecule has 0 radical (unpaired) electrons. The van der Waals surface area contributed by atoms with Crippen LogP contribution in [0.2, 0.25) is 0 Å². The normalized spacial score (nSPS) is 15.0. The topological polar surface area (TPSA) is 9.23 Å². The second kappa shape index (κ2) is 5.55. The Morgan fingerprint density at radius 2 is 1.82 bits per heavy atom. The first kappa shape index (κ1) is 11.9. The van der Waals surface area contributed by atoms with Crippen LogP contribution in [0.5, 0.6) is 0 Å². The highest BCUT2D eigenvalue weighted by Gasteiger charge is 2.23. The third-order valence-electron chi connectivity index (χ3n) is 1.83. The third kappa shape index (κ3) is 4.48. The number of hydrogen-bond acceptors (Lipinski definition) is 1. The van der Waals surface area contributed by atoms with E-state index in [1.165, 1.54) is 0 Å². The Kier molecular flexibility index (Phi) is 6.01. The zero-order valence-corrected chi connectivity index (χ0v) is 10.5. The van der Waals surface area contributed by atoms with Crippen molar-refractivity contribution in [3.05, 3.63) is 0 Å². The van der Waals surface area contributed by atoms with Gasteiger partial charge in [-0.25, -0.2) is 0 Å². The molecule has 0 aliphatic rings. The van der Waals surface area contributed by atoms with Crippen LogP contribution in [0, 0.1) is 5.41 Å². The van der Waals surface area contributed by atoms with Crippen LogP contribution in [0.25, 0.3) is 0 Å². The molecule has 3 heteroatoms. The van der Waals surface area contributed by atoms with Crippen molar-refractivity contribution in [2.24, 2.45) is 5.41 Å². The number of rotatable bonds is 5. The minimum Gasteiger partial charge on any atom is -0.382 e. The Bertz CT molecular complexity index is 102. The lowest BCUT2D eigenvalue weighted by Gasteiger charge is -2.27. The highest BCUT2D eigenvalue weighted by atomic mass is 79.9. The molecule has 0 amide bonds. The van der Waals surface area contributed by atoms with E-state index < -0.39 is 0 Å².